The van der Waals surface area contributed by atoms with Crippen LogP contribution >= 0.6 is 11.6 Å². The summed E-state index contributed by atoms with van der Waals surface area (Å²) in [5.41, 5.74) is 1.80. The van der Waals surface area contributed by atoms with Crippen LogP contribution in [0, 0.1) is 12.7 Å². The minimum atomic E-state index is -5.32. The molecule has 0 spiro atoms. The molecule has 2 aromatic carbocycles. The summed E-state index contributed by atoms with van der Waals surface area (Å²) < 4.78 is 53.0. The number of hydrogen-bond donors (Lipinski definition) is 0. The number of hydrogen-bond acceptors (Lipinski definition) is 4. The molecule has 6 nitrogen and oxygen atoms in total. The molecule has 11 heteroatoms. The van der Waals surface area contributed by atoms with Gasteiger partial charge in [-0.2, -0.15) is 23.3 Å². The first-order valence-electron chi connectivity index (χ1n) is 9.18. The first-order valence-corrected chi connectivity index (χ1v) is 9.56. The van der Waals surface area contributed by atoms with Crippen LogP contribution in [-0.2, 0) is 27.4 Å². The summed E-state index contributed by atoms with van der Waals surface area (Å²) in [6.45, 7) is 1.08. The van der Waals surface area contributed by atoms with Crippen molar-refractivity contribution in [3.63, 3.8) is 0 Å². The van der Waals surface area contributed by atoms with Gasteiger partial charge in [-0.25, -0.2) is 13.9 Å². The Morgan fingerprint density at radius 2 is 1.81 bits per heavy atom. The molecule has 1 heterocycles. The zero-order chi connectivity index (χ0) is 23.5. The van der Waals surface area contributed by atoms with Crippen molar-refractivity contribution in [1.29, 1.82) is 0 Å². The zero-order valence-corrected chi connectivity index (χ0v) is 17.3. The summed E-state index contributed by atoms with van der Waals surface area (Å²) in [6.07, 6.45) is -4.32. The van der Waals surface area contributed by atoms with E-state index in [0.29, 0.717) is 11.3 Å². The van der Waals surface area contributed by atoms with Gasteiger partial charge in [-0.15, -0.1) is 0 Å². The van der Waals surface area contributed by atoms with Crippen molar-refractivity contribution in [3.05, 3.63) is 82.4 Å². The Kier molecular flexibility index (Phi) is 6.83. The largest absolute Gasteiger partial charge is 0.493 e. The molecule has 0 radical (unpaired) electrons. The number of halogens is 5. The average Bonchev–Trinajstić information content (AvgIpc) is 3.09. The number of hydroxylamine groups is 2. The number of benzene rings is 2. The molecule has 0 aliphatic heterocycles. The van der Waals surface area contributed by atoms with Crippen molar-refractivity contribution < 1.29 is 32.0 Å². The van der Waals surface area contributed by atoms with E-state index < -0.39 is 36.8 Å². The fraction of sp³-hybridized carbons (Fsp3) is 0.190. The van der Waals surface area contributed by atoms with Crippen molar-refractivity contribution in [2.24, 2.45) is 0 Å². The Labute approximate surface area is 184 Å². The Hall–Kier alpha value is -3.40. The number of amides is 1. The molecule has 168 valence electrons. The van der Waals surface area contributed by atoms with E-state index in [1.165, 1.54) is 12.3 Å². The lowest BCUT2D eigenvalue weighted by Gasteiger charge is -2.22. The van der Waals surface area contributed by atoms with Crippen molar-refractivity contribution in [2.45, 2.75) is 26.1 Å². The molecule has 1 amide bonds. The first kappa shape index (κ1) is 23.3. The van der Waals surface area contributed by atoms with Gasteiger partial charge >= 0.3 is 12.1 Å². The highest BCUT2D eigenvalue weighted by molar-refractivity contribution is 6.31. The van der Waals surface area contributed by atoms with Crippen LogP contribution in [0.5, 0.6) is 0 Å². The summed E-state index contributed by atoms with van der Waals surface area (Å²) >= 11 is 5.91. The second-order valence-corrected chi connectivity index (χ2v) is 7.13. The van der Waals surface area contributed by atoms with Crippen molar-refractivity contribution in [2.75, 3.05) is 0 Å². The maximum atomic E-state index is 13.3. The lowest BCUT2D eigenvalue weighted by atomic mass is 10.1. The van der Waals surface area contributed by atoms with Gasteiger partial charge in [0.05, 0.1) is 24.8 Å². The Bertz CT molecular complexity index is 1130. The Morgan fingerprint density at radius 1 is 1.12 bits per heavy atom. The molecule has 0 aliphatic rings. The maximum Gasteiger partial charge on any atom is 0.493 e. The lowest BCUT2D eigenvalue weighted by molar-refractivity contribution is -0.238. The van der Waals surface area contributed by atoms with E-state index in [-0.39, 0.29) is 15.6 Å². The predicted molar refractivity (Wildman–Crippen MR) is 106 cm³/mol. The van der Waals surface area contributed by atoms with E-state index in [0.717, 1.165) is 17.8 Å². The van der Waals surface area contributed by atoms with Crippen LogP contribution in [0.1, 0.15) is 16.8 Å². The van der Waals surface area contributed by atoms with Gasteiger partial charge in [0.15, 0.2) is 0 Å². The molecule has 0 fully saturated rings. The fourth-order valence-corrected chi connectivity index (χ4v) is 3.05. The van der Waals surface area contributed by atoms with Gasteiger partial charge in [-0.05, 0) is 36.8 Å². The predicted octanol–water partition coefficient (Wildman–Crippen LogP) is 4.57. The molecule has 0 saturated carbocycles. The standard InChI is InChI=1S/C21H16ClF4N3O3/c1-13-15(11-27-29(13)17-5-3-2-4-6-17)9-19(30)28(32-20(31)21(24,25)26)12-14-7-8-16(23)10-18(14)22/h2-8,10-11H,9,12H2,1H3. The topological polar surface area (TPSA) is 64.4 Å². The van der Waals surface area contributed by atoms with E-state index in [1.54, 1.807) is 35.9 Å². The fourth-order valence-electron chi connectivity index (χ4n) is 2.83. The van der Waals surface area contributed by atoms with Gasteiger partial charge < -0.3 is 4.84 Å². The molecule has 0 atom stereocenters. The Balaban J connectivity index is 1.85. The minimum Gasteiger partial charge on any atom is -0.329 e. The third-order valence-electron chi connectivity index (χ3n) is 4.49. The van der Waals surface area contributed by atoms with Crippen molar-refractivity contribution >= 4 is 23.5 Å². The third kappa shape index (κ3) is 5.44. The number of aromatic nitrogens is 2. The molecule has 0 saturated heterocycles. The summed E-state index contributed by atoms with van der Waals surface area (Å²) in [5, 5.41) is 4.32. The molecule has 3 aromatic rings. The average molecular weight is 470 g/mol. The highest BCUT2D eigenvalue weighted by Gasteiger charge is 2.43. The summed E-state index contributed by atoms with van der Waals surface area (Å²) in [5.74, 6) is -4.19. The molecule has 0 aliphatic carbocycles. The van der Waals surface area contributed by atoms with Gasteiger partial charge in [0.25, 0.3) is 5.91 Å². The van der Waals surface area contributed by atoms with Gasteiger partial charge in [0.1, 0.15) is 5.82 Å². The third-order valence-corrected chi connectivity index (χ3v) is 4.84. The summed E-state index contributed by atoms with van der Waals surface area (Å²) in [7, 11) is 0. The van der Waals surface area contributed by atoms with Crippen LogP contribution in [0.3, 0.4) is 0 Å². The number of carbonyl (C=O) groups is 2. The number of rotatable bonds is 5. The van der Waals surface area contributed by atoms with E-state index >= 15 is 0 Å². The highest BCUT2D eigenvalue weighted by Crippen LogP contribution is 2.23. The molecule has 0 N–H and O–H groups in total. The summed E-state index contributed by atoms with van der Waals surface area (Å²) in [6, 6.07) is 12.1. The van der Waals surface area contributed by atoms with Crippen molar-refractivity contribution in [3.8, 4) is 5.69 Å². The SMILES string of the molecule is Cc1c(CC(=O)N(Cc2ccc(F)cc2Cl)OC(=O)C(F)(F)F)cnn1-c1ccccc1. The van der Waals surface area contributed by atoms with Crippen LogP contribution in [0.15, 0.2) is 54.7 Å². The van der Waals surface area contributed by atoms with E-state index in [1.807, 2.05) is 6.07 Å². The van der Waals surface area contributed by atoms with E-state index in [9.17, 15) is 27.2 Å². The summed E-state index contributed by atoms with van der Waals surface area (Å²) in [4.78, 5) is 28.5. The van der Waals surface area contributed by atoms with Crippen LogP contribution in [0.2, 0.25) is 5.02 Å². The maximum absolute atomic E-state index is 13.3. The van der Waals surface area contributed by atoms with Crippen LogP contribution < -0.4 is 0 Å². The Morgan fingerprint density at radius 3 is 2.44 bits per heavy atom. The van der Waals surface area contributed by atoms with Crippen LogP contribution in [-0.4, -0.2) is 32.9 Å². The number of para-hydroxylation sites is 1. The molecule has 3 rings (SSSR count). The normalized spacial score (nSPS) is 11.3. The smallest absolute Gasteiger partial charge is 0.329 e. The monoisotopic (exact) mass is 469 g/mol. The molecular weight excluding hydrogens is 454 g/mol. The zero-order valence-electron chi connectivity index (χ0n) is 16.6. The van der Waals surface area contributed by atoms with E-state index in [2.05, 4.69) is 9.94 Å². The van der Waals surface area contributed by atoms with Gasteiger partial charge in [-0.1, -0.05) is 35.9 Å². The van der Waals surface area contributed by atoms with Gasteiger partial charge in [0.2, 0.25) is 0 Å². The first-order chi connectivity index (χ1) is 15.1. The lowest BCUT2D eigenvalue weighted by Crippen LogP contribution is -2.39. The molecule has 0 bridgehead atoms. The molecular formula is C21H16ClF4N3O3. The number of nitrogens with zero attached hydrogens (tertiary/aromatic N) is 3. The highest BCUT2D eigenvalue weighted by atomic mass is 35.5. The van der Waals surface area contributed by atoms with Gasteiger partial charge in [0, 0.05) is 16.3 Å². The number of carbonyl (C=O) groups excluding carboxylic acids is 2. The van der Waals surface area contributed by atoms with Crippen LogP contribution in [0.25, 0.3) is 5.69 Å². The second kappa shape index (κ2) is 9.39. The minimum absolute atomic E-state index is 0.0908. The van der Waals surface area contributed by atoms with E-state index in [4.69, 9.17) is 11.6 Å². The molecule has 1 aromatic heterocycles. The molecule has 32 heavy (non-hydrogen) atoms. The quantitative estimate of drug-likeness (QED) is 0.406. The van der Waals surface area contributed by atoms with Gasteiger partial charge in [-0.3, -0.25) is 4.79 Å². The molecule has 0 unspecified atom stereocenters. The number of alkyl halides is 3. The second-order valence-electron chi connectivity index (χ2n) is 6.72. The van der Waals surface area contributed by atoms with Crippen molar-refractivity contribution in [1.82, 2.24) is 14.8 Å². The van der Waals surface area contributed by atoms with Crippen LogP contribution in [0.4, 0.5) is 17.6 Å².